The Hall–Kier alpha value is -7.12. The summed E-state index contributed by atoms with van der Waals surface area (Å²) in [5.74, 6) is 1.16. The van der Waals surface area contributed by atoms with Crippen molar-refractivity contribution >= 4 is 46.4 Å². The highest BCUT2D eigenvalue weighted by Gasteiger charge is 2.19. The molecule has 0 saturated carbocycles. The number of hydrogen-bond donors (Lipinski definition) is 4. The quantitative estimate of drug-likeness (QED) is 0.0771. The summed E-state index contributed by atoms with van der Waals surface area (Å²) < 4.78 is 6.40. The van der Waals surface area contributed by atoms with Gasteiger partial charge in [0.2, 0.25) is 0 Å². The topological polar surface area (TPSA) is 107 Å². The second-order valence-corrected chi connectivity index (χ2v) is 16.2. The lowest BCUT2D eigenvalue weighted by Crippen LogP contribution is -1.97. The monoisotopic (exact) mass is 816 g/mol. The second-order valence-electron chi connectivity index (χ2n) is 16.2. The second kappa shape index (κ2) is 18.7. The van der Waals surface area contributed by atoms with Gasteiger partial charge in [-0.2, -0.15) is 0 Å². The number of rotatable bonds is 15. The van der Waals surface area contributed by atoms with Gasteiger partial charge in [-0.15, -0.1) is 0 Å². The van der Waals surface area contributed by atoms with Gasteiger partial charge in [0.1, 0.15) is 17.2 Å². The van der Waals surface area contributed by atoms with E-state index >= 15 is 0 Å². The van der Waals surface area contributed by atoms with Crippen LogP contribution in [0.1, 0.15) is 87.5 Å². The average Bonchev–Trinajstić information content (AvgIpc) is 4.13. The molecule has 3 aromatic heterocycles. The van der Waals surface area contributed by atoms with Gasteiger partial charge in [-0.1, -0.05) is 125 Å². The van der Waals surface area contributed by atoms with Crippen LogP contribution in [0.5, 0.6) is 17.2 Å². The minimum atomic E-state index is 0.164. The number of nitrogens with one attached hydrogen (secondary N) is 2. The van der Waals surface area contributed by atoms with E-state index < -0.39 is 0 Å². The normalized spacial score (nSPS) is 12.0. The van der Waals surface area contributed by atoms with E-state index in [1.807, 2.05) is 72.8 Å². The van der Waals surface area contributed by atoms with Crippen molar-refractivity contribution in [1.29, 1.82) is 0 Å². The van der Waals surface area contributed by atoms with Crippen LogP contribution in [-0.4, -0.2) is 36.8 Å². The Bertz CT molecular complexity index is 2940. The number of unbranched alkanes of at least 4 members (excludes halogenated alkanes) is 8. The first-order valence-corrected chi connectivity index (χ1v) is 22.1. The Labute approximate surface area is 363 Å². The summed E-state index contributed by atoms with van der Waals surface area (Å²) in [6.45, 7) is 2.94. The molecule has 62 heavy (non-hydrogen) atoms. The lowest BCUT2D eigenvalue weighted by Gasteiger charge is -2.10. The number of benzene rings is 4. The zero-order chi connectivity index (χ0) is 42.3. The first kappa shape index (κ1) is 40.3. The molecule has 0 spiro atoms. The molecule has 2 aliphatic heterocycles. The lowest BCUT2D eigenvalue weighted by molar-refractivity contribution is 0.304. The molecule has 0 aliphatic carbocycles. The van der Waals surface area contributed by atoms with Crippen molar-refractivity contribution in [2.24, 2.45) is 0 Å². The Morgan fingerprint density at radius 1 is 0.419 bits per heavy atom. The van der Waals surface area contributed by atoms with E-state index in [1.54, 1.807) is 24.3 Å². The maximum absolute atomic E-state index is 10.7. The van der Waals surface area contributed by atoms with Crippen molar-refractivity contribution in [3.8, 4) is 61.8 Å². The third kappa shape index (κ3) is 8.84. The highest BCUT2D eigenvalue weighted by molar-refractivity contribution is 6.00. The minimum Gasteiger partial charge on any atom is -0.508 e. The van der Waals surface area contributed by atoms with Crippen LogP contribution in [0, 0.1) is 0 Å². The summed E-state index contributed by atoms with van der Waals surface area (Å²) in [5.41, 5.74) is 13.8. The highest BCUT2D eigenvalue weighted by Crippen LogP contribution is 2.39. The molecule has 0 atom stereocenters. The van der Waals surface area contributed by atoms with Crippen molar-refractivity contribution in [2.75, 3.05) is 6.61 Å². The molecule has 5 heterocycles. The number of phenols is 2. The lowest BCUT2D eigenvalue weighted by atomic mass is 10.0. The molecule has 7 nitrogen and oxygen atoms in total. The van der Waals surface area contributed by atoms with Crippen LogP contribution in [0.3, 0.4) is 0 Å². The fourth-order valence-corrected chi connectivity index (χ4v) is 8.69. The van der Waals surface area contributed by atoms with E-state index in [1.165, 1.54) is 51.4 Å². The molecule has 4 N–H and O–H groups in total. The van der Waals surface area contributed by atoms with Crippen molar-refractivity contribution in [3.05, 3.63) is 150 Å². The van der Waals surface area contributed by atoms with Crippen LogP contribution in [0.2, 0.25) is 0 Å². The summed E-state index contributed by atoms with van der Waals surface area (Å²) in [6, 6.07) is 41.6. The molecular formula is C55H52N4O3. The van der Waals surface area contributed by atoms with E-state index in [-0.39, 0.29) is 11.5 Å². The number of ether oxygens (including phenoxy) is 1. The van der Waals surface area contributed by atoms with Crippen LogP contribution in [-0.2, 0) is 0 Å². The molecule has 0 unspecified atom stereocenters. The van der Waals surface area contributed by atoms with Crippen molar-refractivity contribution in [3.63, 3.8) is 0 Å². The molecule has 7 heteroatoms. The Morgan fingerprint density at radius 2 is 0.823 bits per heavy atom. The molecule has 0 amide bonds. The molecule has 310 valence electrons. The summed E-state index contributed by atoms with van der Waals surface area (Å²) in [4.78, 5) is 18.3. The van der Waals surface area contributed by atoms with Gasteiger partial charge in [0.15, 0.2) is 0 Å². The van der Waals surface area contributed by atoms with E-state index in [2.05, 4.69) is 71.5 Å². The van der Waals surface area contributed by atoms with Crippen LogP contribution in [0.4, 0.5) is 0 Å². The maximum Gasteiger partial charge on any atom is 0.119 e. The van der Waals surface area contributed by atoms with Gasteiger partial charge in [-0.25, -0.2) is 9.97 Å². The number of aromatic amines is 2. The van der Waals surface area contributed by atoms with Crippen LogP contribution < -0.4 is 4.74 Å². The van der Waals surface area contributed by atoms with Gasteiger partial charge in [-0.3, -0.25) is 0 Å². The SMILES string of the molecule is CCCCCCCCCCCOc1cccc(-c2c3nc(c(-c4cccc(O)c4)c4ccc([nH]4)c(-c4cccc(O)c4)c4nc(c(-c5ccccc5)c5ccc2[nH]5)C=C4)C=C3)c1. The van der Waals surface area contributed by atoms with Crippen LogP contribution in [0.15, 0.2) is 127 Å². The first-order valence-electron chi connectivity index (χ1n) is 22.1. The summed E-state index contributed by atoms with van der Waals surface area (Å²) >= 11 is 0. The summed E-state index contributed by atoms with van der Waals surface area (Å²) in [5, 5.41) is 21.4. The molecule has 9 rings (SSSR count). The molecule has 0 fully saturated rings. The predicted molar refractivity (Wildman–Crippen MR) is 257 cm³/mol. The first-order chi connectivity index (χ1) is 30.5. The summed E-state index contributed by atoms with van der Waals surface area (Å²) in [6.07, 6.45) is 19.6. The van der Waals surface area contributed by atoms with Gasteiger partial charge in [0.05, 0.1) is 29.4 Å². The standard InChI is InChI=1S/C55H52N4O3/c1-2-3-4-5-6-7-8-9-13-33-62-43-24-16-21-40(36-43)55-50-28-26-45(57-50)52(37-17-11-10-12-18-37)44-25-27-46(56-44)53(38-19-14-22-41(60)34-38)47-29-30-48(58-47)54(49-31-32-51(55)59-49)39-20-15-23-42(61)35-39/h10-12,14-32,34-36,57-58,60-61H,2-9,13,33H2,1H3. The number of phenolic OH excluding ortho intramolecular Hbond substituents is 2. The molecule has 2 aliphatic rings. The predicted octanol–water partition coefficient (Wildman–Crippen LogP) is 14.6. The average molecular weight is 817 g/mol. The van der Waals surface area contributed by atoms with E-state index in [4.69, 9.17) is 14.7 Å². The smallest absolute Gasteiger partial charge is 0.119 e. The van der Waals surface area contributed by atoms with Crippen LogP contribution in [0.25, 0.3) is 90.9 Å². The third-order valence-corrected chi connectivity index (χ3v) is 11.7. The molecule has 8 bridgehead atoms. The molecule has 4 aromatic carbocycles. The largest absolute Gasteiger partial charge is 0.508 e. The fourth-order valence-electron chi connectivity index (χ4n) is 8.69. The number of fused-ring (bicyclic) bond motifs is 8. The van der Waals surface area contributed by atoms with E-state index in [0.717, 1.165) is 102 Å². The van der Waals surface area contributed by atoms with Crippen molar-refractivity contribution < 1.29 is 14.9 Å². The molecular weight excluding hydrogens is 765 g/mol. The number of nitrogens with zero attached hydrogens (tertiary/aromatic N) is 2. The molecule has 0 radical (unpaired) electrons. The third-order valence-electron chi connectivity index (χ3n) is 11.7. The van der Waals surface area contributed by atoms with Gasteiger partial charge in [0.25, 0.3) is 0 Å². The van der Waals surface area contributed by atoms with Gasteiger partial charge < -0.3 is 24.9 Å². The Morgan fingerprint density at radius 3 is 1.29 bits per heavy atom. The minimum absolute atomic E-state index is 0.164. The van der Waals surface area contributed by atoms with Gasteiger partial charge >= 0.3 is 0 Å². The zero-order valence-corrected chi connectivity index (χ0v) is 35.2. The van der Waals surface area contributed by atoms with Gasteiger partial charge in [-0.05, 0) is 114 Å². The number of aromatic nitrogens is 4. The Balaban J connectivity index is 1.23. The fraction of sp³-hybridized carbons (Fsp3) is 0.200. The number of H-pyrrole nitrogens is 2. The molecule has 7 aromatic rings. The van der Waals surface area contributed by atoms with Crippen LogP contribution >= 0.6 is 0 Å². The van der Waals surface area contributed by atoms with E-state index in [9.17, 15) is 10.2 Å². The maximum atomic E-state index is 10.7. The number of aromatic hydroxyl groups is 2. The molecule has 0 saturated heterocycles. The zero-order valence-electron chi connectivity index (χ0n) is 35.2. The van der Waals surface area contributed by atoms with Crippen molar-refractivity contribution in [1.82, 2.24) is 19.9 Å². The number of hydrogen-bond acceptors (Lipinski definition) is 5. The summed E-state index contributed by atoms with van der Waals surface area (Å²) in [7, 11) is 0. The van der Waals surface area contributed by atoms with Gasteiger partial charge in [0, 0.05) is 44.3 Å². The van der Waals surface area contributed by atoms with E-state index in [0.29, 0.717) is 6.61 Å². The highest BCUT2D eigenvalue weighted by atomic mass is 16.5. The Kier molecular flexibility index (Phi) is 12.1. The van der Waals surface area contributed by atoms with Crippen molar-refractivity contribution in [2.45, 2.75) is 64.7 Å².